The van der Waals surface area contributed by atoms with Gasteiger partial charge in [-0.25, -0.2) is 13.2 Å². The molecule has 0 amide bonds. The molecule has 0 aliphatic heterocycles. The van der Waals surface area contributed by atoms with Crippen molar-refractivity contribution >= 4 is 11.3 Å². The maximum Gasteiger partial charge on any atom is 0.203 e. The van der Waals surface area contributed by atoms with Crippen LogP contribution in [-0.4, -0.2) is 10.2 Å². The lowest BCUT2D eigenvalue weighted by atomic mass is 9.89. The van der Waals surface area contributed by atoms with Gasteiger partial charge in [0.25, 0.3) is 0 Å². The Bertz CT molecular complexity index is 945. The first-order valence-corrected chi connectivity index (χ1v) is 7.84. The van der Waals surface area contributed by atoms with Gasteiger partial charge in [-0.15, -0.1) is 0 Å². The van der Waals surface area contributed by atoms with Crippen LogP contribution in [0.1, 0.15) is 30.4 Å². The monoisotopic (exact) mass is 365 g/mol. The number of phenolic OH excluding ortho intramolecular Hbond substituents is 1. The average molecular weight is 365 g/mol. The molecule has 0 saturated heterocycles. The van der Waals surface area contributed by atoms with E-state index in [0.29, 0.717) is 18.9 Å². The van der Waals surface area contributed by atoms with Crippen molar-refractivity contribution in [2.45, 2.75) is 19.3 Å². The lowest BCUT2D eigenvalue weighted by molar-refractivity contribution is 0.375. The first-order chi connectivity index (χ1) is 12.3. The van der Waals surface area contributed by atoms with Crippen LogP contribution in [0.3, 0.4) is 0 Å². The summed E-state index contributed by atoms with van der Waals surface area (Å²) in [6, 6.07) is 3.82. The molecule has 26 heavy (non-hydrogen) atoms. The Morgan fingerprint density at radius 3 is 2.27 bits per heavy atom. The molecule has 0 aromatic heterocycles. The highest BCUT2D eigenvalue weighted by Crippen LogP contribution is 2.37. The first-order valence-electron chi connectivity index (χ1n) is 7.84. The van der Waals surface area contributed by atoms with Gasteiger partial charge in [0.1, 0.15) is 11.6 Å². The van der Waals surface area contributed by atoms with Gasteiger partial charge >= 0.3 is 0 Å². The van der Waals surface area contributed by atoms with Gasteiger partial charge < -0.3 is 15.9 Å². The van der Waals surface area contributed by atoms with Crippen LogP contribution in [-0.2, 0) is 0 Å². The number of allylic oxidation sites excluding steroid dienone is 2. The Morgan fingerprint density at radius 1 is 1.00 bits per heavy atom. The van der Waals surface area contributed by atoms with Crippen LogP contribution in [0.2, 0.25) is 0 Å². The van der Waals surface area contributed by atoms with E-state index in [4.69, 9.17) is 5.73 Å². The minimum Gasteiger partial charge on any atom is -0.508 e. The second-order valence-corrected chi connectivity index (χ2v) is 6.01. The first kappa shape index (κ1) is 17.8. The average Bonchev–Trinajstić information content (AvgIpc) is 2.53. The summed E-state index contributed by atoms with van der Waals surface area (Å²) in [5.41, 5.74) is 5.89. The van der Waals surface area contributed by atoms with Crippen molar-refractivity contribution in [1.82, 2.24) is 0 Å². The van der Waals surface area contributed by atoms with Crippen LogP contribution in [0.5, 0.6) is 5.75 Å². The number of phenols is 1. The molecule has 0 atom stereocenters. The second kappa shape index (κ2) is 6.74. The van der Waals surface area contributed by atoms with E-state index in [-0.39, 0.29) is 22.6 Å². The normalized spacial score (nSPS) is 14.3. The van der Waals surface area contributed by atoms with Gasteiger partial charge in [-0.2, -0.15) is 4.39 Å². The fraction of sp³-hybridized carbons (Fsp3) is 0.158. The Morgan fingerprint density at radius 2 is 1.69 bits per heavy atom. The summed E-state index contributed by atoms with van der Waals surface area (Å²) in [7, 11) is 0. The molecule has 3 rings (SSSR count). The number of hydrogen-bond donors (Lipinski definition) is 3. The number of halogens is 4. The molecule has 1 saturated carbocycles. The third-order valence-electron chi connectivity index (χ3n) is 4.33. The van der Waals surface area contributed by atoms with Crippen LogP contribution in [0.25, 0.3) is 5.57 Å². The van der Waals surface area contributed by atoms with Gasteiger partial charge in [0.15, 0.2) is 17.4 Å². The van der Waals surface area contributed by atoms with Gasteiger partial charge in [0.05, 0.1) is 0 Å². The molecular weight excluding hydrogens is 350 g/mol. The molecule has 0 unspecified atom stereocenters. The zero-order valence-electron chi connectivity index (χ0n) is 13.5. The number of benzene rings is 2. The van der Waals surface area contributed by atoms with Crippen molar-refractivity contribution in [3.63, 3.8) is 0 Å². The third kappa shape index (κ3) is 3.12. The maximum absolute atomic E-state index is 14.4. The van der Waals surface area contributed by atoms with Gasteiger partial charge in [0, 0.05) is 16.8 Å². The summed E-state index contributed by atoms with van der Waals surface area (Å²) in [5, 5.41) is 19.7. The molecule has 4 N–H and O–H groups in total. The smallest absolute Gasteiger partial charge is 0.203 e. The third-order valence-corrected chi connectivity index (χ3v) is 4.33. The van der Waals surface area contributed by atoms with Crippen molar-refractivity contribution in [2.75, 3.05) is 5.73 Å². The van der Waals surface area contributed by atoms with Gasteiger partial charge in [-0.3, -0.25) is 0 Å². The Balaban J connectivity index is 2.27. The highest BCUT2D eigenvalue weighted by molar-refractivity contribution is 5.87. The number of aromatic hydroxyl groups is 1. The predicted octanol–water partition coefficient (Wildman–Crippen LogP) is 4.96. The van der Waals surface area contributed by atoms with Gasteiger partial charge in [-0.1, -0.05) is 0 Å². The lowest BCUT2D eigenvalue weighted by Crippen LogP contribution is -2.04. The van der Waals surface area contributed by atoms with Crippen molar-refractivity contribution in [3.05, 3.63) is 76.1 Å². The summed E-state index contributed by atoms with van der Waals surface area (Å²) in [4.78, 5) is 0. The molecule has 0 bridgehead atoms. The van der Waals surface area contributed by atoms with E-state index in [9.17, 15) is 27.8 Å². The van der Waals surface area contributed by atoms with Crippen molar-refractivity contribution in [3.8, 4) is 5.75 Å². The number of nitrogens with two attached hydrogens (primary N) is 1. The van der Waals surface area contributed by atoms with Crippen molar-refractivity contribution in [2.24, 2.45) is 0 Å². The molecule has 0 spiro atoms. The summed E-state index contributed by atoms with van der Waals surface area (Å²) in [6.07, 6.45) is 3.36. The van der Waals surface area contributed by atoms with Crippen LogP contribution in [0.4, 0.5) is 23.2 Å². The van der Waals surface area contributed by atoms with E-state index in [1.165, 1.54) is 6.07 Å². The lowest BCUT2D eigenvalue weighted by Gasteiger charge is -2.19. The van der Waals surface area contributed by atoms with Crippen LogP contribution in [0.15, 0.2) is 41.7 Å². The Kier molecular flexibility index (Phi) is 4.63. The molecule has 1 aliphatic carbocycles. The molecule has 1 aliphatic rings. The molecular formula is C19H15F4NO2. The molecule has 3 nitrogen and oxygen atoms in total. The zero-order valence-corrected chi connectivity index (χ0v) is 13.5. The SMILES string of the molecule is Nc1cc(F)ccc1/C(=C/C(O)=C1CCC1)c1cc(F)c(F)c(O)c1F. The summed E-state index contributed by atoms with van der Waals surface area (Å²) in [6.45, 7) is 0. The topological polar surface area (TPSA) is 66.5 Å². The van der Waals surface area contributed by atoms with E-state index < -0.39 is 34.6 Å². The number of aliphatic hydroxyl groups excluding tert-OH is 1. The zero-order chi connectivity index (χ0) is 19.0. The Labute approximate surface area is 146 Å². The fourth-order valence-corrected chi connectivity index (χ4v) is 2.71. The molecule has 136 valence electrons. The van der Waals surface area contributed by atoms with E-state index in [1.807, 2.05) is 0 Å². The number of rotatable bonds is 3. The van der Waals surface area contributed by atoms with E-state index in [1.54, 1.807) is 0 Å². The second-order valence-electron chi connectivity index (χ2n) is 6.01. The molecule has 2 aromatic carbocycles. The summed E-state index contributed by atoms with van der Waals surface area (Å²) >= 11 is 0. The van der Waals surface area contributed by atoms with Crippen LogP contribution >= 0.6 is 0 Å². The summed E-state index contributed by atoms with van der Waals surface area (Å²) in [5.74, 6) is -6.88. The standard InChI is InChI=1S/C19H15F4NO2/c20-10-4-5-11(15(24)6-10)12(8-16(25)9-2-1-3-9)13-7-14(21)18(23)19(26)17(13)22/h4-8,25-26H,1-3,24H2/b12-8-. The quantitative estimate of drug-likeness (QED) is 0.312. The Hall–Kier alpha value is -2.96. The van der Waals surface area contributed by atoms with Crippen molar-refractivity contribution in [1.29, 1.82) is 0 Å². The predicted molar refractivity (Wildman–Crippen MR) is 89.4 cm³/mol. The van der Waals surface area contributed by atoms with Crippen LogP contribution < -0.4 is 5.73 Å². The highest BCUT2D eigenvalue weighted by atomic mass is 19.2. The van der Waals surface area contributed by atoms with Crippen molar-refractivity contribution < 1.29 is 27.8 Å². The molecule has 7 heteroatoms. The largest absolute Gasteiger partial charge is 0.508 e. The fourth-order valence-electron chi connectivity index (χ4n) is 2.71. The number of nitrogen functional groups attached to an aromatic ring is 1. The maximum atomic E-state index is 14.4. The number of anilines is 1. The molecule has 1 fully saturated rings. The molecule has 0 radical (unpaired) electrons. The van der Waals surface area contributed by atoms with E-state index >= 15 is 0 Å². The minimum absolute atomic E-state index is 0.0914. The molecule has 0 heterocycles. The highest BCUT2D eigenvalue weighted by Gasteiger charge is 2.23. The number of hydrogen-bond acceptors (Lipinski definition) is 3. The minimum atomic E-state index is -1.72. The summed E-state index contributed by atoms with van der Waals surface area (Å²) < 4.78 is 54.9. The molecule has 2 aromatic rings. The van der Waals surface area contributed by atoms with E-state index in [2.05, 4.69) is 0 Å². The number of aliphatic hydroxyl groups is 1. The van der Waals surface area contributed by atoms with Gasteiger partial charge in [-0.05, 0) is 60.8 Å². The van der Waals surface area contributed by atoms with E-state index in [0.717, 1.165) is 30.2 Å². The van der Waals surface area contributed by atoms with Crippen LogP contribution in [0, 0.1) is 23.3 Å². The van der Waals surface area contributed by atoms with Gasteiger partial charge in [0.2, 0.25) is 5.82 Å².